The SMILES string of the molecule is COC(=O)C=Cc1cc(C)cc(OC)c1. The maximum Gasteiger partial charge on any atom is 0.330 e. The number of carbonyl (C=O) groups excluding carboxylic acids is 1. The van der Waals surface area contributed by atoms with Gasteiger partial charge in [-0.15, -0.1) is 0 Å². The average Bonchev–Trinajstić information content (AvgIpc) is 2.25. The van der Waals surface area contributed by atoms with Crippen LogP contribution in [-0.2, 0) is 9.53 Å². The second-order valence-corrected chi connectivity index (χ2v) is 3.14. The van der Waals surface area contributed by atoms with Crippen molar-refractivity contribution in [2.45, 2.75) is 6.92 Å². The average molecular weight is 206 g/mol. The van der Waals surface area contributed by atoms with E-state index >= 15 is 0 Å². The number of carbonyl (C=O) groups is 1. The standard InChI is InChI=1S/C12H14O3/c1-9-6-10(4-5-12(13)15-3)8-11(7-9)14-2/h4-8H,1-3H3. The molecule has 0 amide bonds. The first-order valence-electron chi connectivity index (χ1n) is 4.57. The van der Waals surface area contributed by atoms with Gasteiger partial charge in [0.1, 0.15) is 5.75 Å². The predicted molar refractivity (Wildman–Crippen MR) is 58.8 cm³/mol. The maximum atomic E-state index is 10.9. The van der Waals surface area contributed by atoms with Crippen LogP contribution in [0.25, 0.3) is 6.08 Å². The third kappa shape index (κ3) is 3.46. The lowest BCUT2D eigenvalue weighted by atomic mass is 10.1. The van der Waals surface area contributed by atoms with Crippen LogP contribution in [-0.4, -0.2) is 20.2 Å². The highest BCUT2D eigenvalue weighted by Gasteiger charge is 1.97. The van der Waals surface area contributed by atoms with Crippen molar-refractivity contribution < 1.29 is 14.3 Å². The molecule has 0 aliphatic carbocycles. The van der Waals surface area contributed by atoms with Crippen molar-refractivity contribution in [3.63, 3.8) is 0 Å². The van der Waals surface area contributed by atoms with Gasteiger partial charge in [-0.05, 0) is 36.3 Å². The predicted octanol–water partition coefficient (Wildman–Crippen LogP) is 2.19. The molecule has 0 heterocycles. The van der Waals surface area contributed by atoms with Gasteiger partial charge in [-0.25, -0.2) is 4.79 Å². The van der Waals surface area contributed by atoms with Gasteiger partial charge in [-0.1, -0.05) is 6.07 Å². The molecule has 0 unspecified atom stereocenters. The summed E-state index contributed by atoms with van der Waals surface area (Å²) in [6.45, 7) is 1.97. The molecule has 0 bridgehead atoms. The molecular weight excluding hydrogens is 192 g/mol. The van der Waals surface area contributed by atoms with Gasteiger partial charge in [0, 0.05) is 6.08 Å². The van der Waals surface area contributed by atoms with E-state index < -0.39 is 0 Å². The quantitative estimate of drug-likeness (QED) is 0.561. The Morgan fingerprint density at radius 3 is 2.60 bits per heavy atom. The summed E-state index contributed by atoms with van der Waals surface area (Å²) in [5.74, 6) is 0.412. The number of hydrogen-bond donors (Lipinski definition) is 0. The minimum Gasteiger partial charge on any atom is -0.497 e. The van der Waals surface area contributed by atoms with E-state index in [-0.39, 0.29) is 5.97 Å². The molecule has 0 radical (unpaired) electrons. The maximum absolute atomic E-state index is 10.9. The highest BCUT2D eigenvalue weighted by Crippen LogP contribution is 2.17. The molecule has 0 atom stereocenters. The van der Waals surface area contributed by atoms with Crippen molar-refractivity contribution in [1.82, 2.24) is 0 Å². The van der Waals surface area contributed by atoms with E-state index in [0.29, 0.717) is 0 Å². The number of methoxy groups -OCH3 is 2. The second kappa shape index (κ2) is 5.20. The largest absolute Gasteiger partial charge is 0.497 e. The van der Waals surface area contributed by atoms with Gasteiger partial charge in [-0.2, -0.15) is 0 Å². The molecule has 0 saturated heterocycles. The van der Waals surface area contributed by atoms with Gasteiger partial charge in [0.15, 0.2) is 0 Å². The van der Waals surface area contributed by atoms with Crippen LogP contribution in [0.2, 0.25) is 0 Å². The van der Waals surface area contributed by atoms with Gasteiger partial charge in [0.25, 0.3) is 0 Å². The Balaban J connectivity index is 2.90. The molecule has 1 aromatic carbocycles. The van der Waals surface area contributed by atoms with Crippen LogP contribution < -0.4 is 4.74 Å². The summed E-state index contributed by atoms with van der Waals surface area (Å²) in [7, 11) is 2.96. The lowest BCUT2D eigenvalue weighted by Crippen LogP contribution is -1.93. The van der Waals surface area contributed by atoms with Crippen molar-refractivity contribution in [3.05, 3.63) is 35.4 Å². The molecule has 0 aliphatic heterocycles. The normalized spacial score (nSPS) is 10.3. The van der Waals surface area contributed by atoms with Gasteiger partial charge in [0.2, 0.25) is 0 Å². The summed E-state index contributed by atoms with van der Waals surface area (Å²) in [5, 5.41) is 0. The topological polar surface area (TPSA) is 35.5 Å². The molecule has 0 aliphatic rings. The molecule has 80 valence electrons. The van der Waals surface area contributed by atoms with E-state index in [0.717, 1.165) is 16.9 Å². The first-order chi connectivity index (χ1) is 7.15. The highest BCUT2D eigenvalue weighted by atomic mass is 16.5. The zero-order valence-corrected chi connectivity index (χ0v) is 9.11. The van der Waals surface area contributed by atoms with E-state index in [1.165, 1.54) is 13.2 Å². The highest BCUT2D eigenvalue weighted by molar-refractivity contribution is 5.87. The minimum atomic E-state index is -0.365. The van der Waals surface area contributed by atoms with E-state index in [9.17, 15) is 4.79 Å². The molecular formula is C12H14O3. The van der Waals surface area contributed by atoms with Crippen molar-refractivity contribution in [2.75, 3.05) is 14.2 Å². The summed E-state index contributed by atoms with van der Waals surface area (Å²) in [5.41, 5.74) is 2.00. The van der Waals surface area contributed by atoms with E-state index in [1.54, 1.807) is 13.2 Å². The summed E-state index contributed by atoms with van der Waals surface area (Å²) in [4.78, 5) is 10.9. The van der Waals surface area contributed by atoms with Gasteiger partial charge in [0.05, 0.1) is 14.2 Å². The number of benzene rings is 1. The number of aryl methyl sites for hydroxylation is 1. The Bertz CT molecular complexity index is 380. The molecule has 0 saturated carbocycles. The van der Waals surface area contributed by atoms with Gasteiger partial charge >= 0.3 is 5.97 Å². The molecule has 1 aromatic rings. The Morgan fingerprint density at radius 1 is 1.27 bits per heavy atom. The summed E-state index contributed by atoms with van der Waals surface area (Å²) in [6.07, 6.45) is 3.08. The fourth-order valence-electron chi connectivity index (χ4n) is 1.22. The number of rotatable bonds is 3. The van der Waals surface area contributed by atoms with E-state index in [4.69, 9.17) is 4.74 Å². The Morgan fingerprint density at radius 2 is 2.00 bits per heavy atom. The van der Waals surface area contributed by atoms with Crippen molar-refractivity contribution in [3.8, 4) is 5.75 Å². The fourth-order valence-corrected chi connectivity index (χ4v) is 1.22. The van der Waals surface area contributed by atoms with Crippen LogP contribution in [0.15, 0.2) is 24.3 Å². The van der Waals surface area contributed by atoms with Crippen LogP contribution in [0, 0.1) is 6.92 Å². The number of esters is 1. The monoisotopic (exact) mass is 206 g/mol. The van der Waals surface area contributed by atoms with Crippen LogP contribution in [0.1, 0.15) is 11.1 Å². The van der Waals surface area contributed by atoms with Crippen molar-refractivity contribution >= 4 is 12.0 Å². The lowest BCUT2D eigenvalue weighted by molar-refractivity contribution is -0.134. The molecule has 3 heteroatoms. The van der Waals surface area contributed by atoms with Crippen LogP contribution in [0.4, 0.5) is 0 Å². The van der Waals surface area contributed by atoms with Crippen molar-refractivity contribution in [1.29, 1.82) is 0 Å². The molecule has 0 aromatic heterocycles. The first kappa shape index (κ1) is 11.3. The second-order valence-electron chi connectivity index (χ2n) is 3.14. The lowest BCUT2D eigenvalue weighted by Gasteiger charge is -2.03. The van der Waals surface area contributed by atoms with Crippen LogP contribution in [0.5, 0.6) is 5.75 Å². The number of ether oxygens (including phenoxy) is 2. The van der Waals surface area contributed by atoms with Crippen molar-refractivity contribution in [2.24, 2.45) is 0 Å². The smallest absolute Gasteiger partial charge is 0.330 e. The minimum absolute atomic E-state index is 0.365. The van der Waals surface area contributed by atoms with E-state index in [1.807, 2.05) is 25.1 Å². The van der Waals surface area contributed by atoms with Crippen LogP contribution >= 0.6 is 0 Å². The zero-order chi connectivity index (χ0) is 11.3. The first-order valence-corrected chi connectivity index (χ1v) is 4.57. The molecule has 0 fully saturated rings. The Hall–Kier alpha value is -1.77. The Kier molecular flexibility index (Phi) is 3.92. The van der Waals surface area contributed by atoms with E-state index in [2.05, 4.69) is 4.74 Å². The van der Waals surface area contributed by atoms with Gasteiger partial charge < -0.3 is 9.47 Å². The third-order valence-electron chi connectivity index (χ3n) is 1.92. The molecule has 0 spiro atoms. The number of hydrogen-bond acceptors (Lipinski definition) is 3. The third-order valence-corrected chi connectivity index (χ3v) is 1.92. The molecule has 3 nitrogen and oxygen atoms in total. The molecule has 15 heavy (non-hydrogen) atoms. The van der Waals surface area contributed by atoms with Crippen LogP contribution in [0.3, 0.4) is 0 Å². The molecule has 0 N–H and O–H groups in total. The molecule has 1 rings (SSSR count). The summed E-state index contributed by atoms with van der Waals surface area (Å²) in [6, 6.07) is 5.74. The Labute approximate surface area is 89.3 Å². The fraction of sp³-hybridized carbons (Fsp3) is 0.250. The zero-order valence-electron chi connectivity index (χ0n) is 9.11. The van der Waals surface area contributed by atoms with Gasteiger partial charge in [-0.3, -0.25) is 0 Å². The summed E-state index contributed by atoms with van der Waals surface area (Å²) < 4.78 is 9.62. The summed E-state index contributed by atoms with van der Waals surface area (Å²) >= 11 is 0.